The van der Waals surface area contributed by atoms with Gasteiger partial charge in [-0.1, -0.05) is 32.6 Å². The minimum atomic E-state index is -0.846. The lowest BCUT2D eigenvalue weighted by atomic mass is 9.90. The van der Waals surface area contributed by atoms with Gasteiger partial charge in [0.2, 0.25) is 5.13 Å². The van der Waals surface area contributed by atoms with E-state index in [-0.39, 0.29) is 0 Å². The lowest BCUT2D eigenvalue weighted by molar-refractivity contribution is -0.142. The van der Waals surface area contributed by atoms with Gasteiger partial charge in [-0.05, 0) is 12.8 Å². The Balaban J connectivity index is 2.16. The van der Waals surface area contributed by atoms with Crippen molar-refractivity contribution in [1.82, 2.24) is 9.36 Å². The molecule has 0 aromatic carbocycles. The Kier molecular flexibility index (Phi) is 4.16. The molecule has 0 spiro atoms. The van der Waals surface area contributed by atoms with Gasteiger partial charge in [0.1, 0.15) is 11.4 Å². The van der Waals surface area contributed by atoms with Crippen LogP contribution in [0.3, 0.4) is 0 Å². The number of nitrogens with one attached hydrogen (secondary N) is 1. The van der Waals surface area contributed by atoms with E-state index in [0.717, 1.165) is 37.9 Å². The summed E-state index contributed by atoms with van der Waals surface area (Å²) in [6.07, 6.45) is 6.27. The monoisotopic (exact) mass is 269 g/mol. The number of aromatic nitrogens is 2. The van der Waals surface area contributed by atoms with Crippen molar-refractivity contribution in [2.75, 3.05) is 5.32 Å². The molecule has 1 aromatic rings. The summed E-state index contributed by atoms with van der Waals surface area (Å²) in [5, 5.41) is 13.3. The SMILES string of the molecule is CCc1nsc(NC2(C(=O)O)CCCCCC2)n1. The van der Waals surface area contributed by atoms with Crippen molar-refractivity contribution in [3.8, 4) is 0 Å². The molecule has 1 saturated carbocycles. The highest BCUT2D eigenvalue weighted by molar-refractivity contribution is 7.09. The van der Waals surface area contributed by atoms with Crippen LogP contribution in [0.4, 0.5) is 5.13 Å². The molecule has 1 aliphatic rings. The average molecular weight is 269 g/mol. The number of carboxylic acid groups (broad SMARTS) is 1. The zero-order valence-corrected chi connectivity index (χ0v) is 11.4. The maximum absolute atomic E-state index is 11.6. The zero-order chi connectivity index (χ0) is 13.0. The van der Waals surface area contributed by atoms with Crippen molar-refractivity contribution >= 4 is 22.6 Å². The Morgan fingerprint density at radius 3 is 2.56 bits per heavy atom. The summed E-state index contributed by atoms with van der Waals surface area (Å²) in [6.45, 7) is 1.99. The minimum absolute atomic E-state index is 0.635. The number of rotatable bonds is 4. The van der Waals surface area contributed by atoms with Crippen LogP contribution < -0.4 is 5.32 Å². The predicted octanol–water partition coefficient (Wildman–Crippen LogP) is 2.69. The Hall–Kier alpha value is -1.17. The summed E-state index contributed by atoms with van der Waals surface area (Å²) in [5.41, 5.74) is -0.846. The van der Waals surface area contributed by atoms with Crippen LogP contribution in [0.15, 0.2) is 0 Å². The minimum Gasteiger partial charge on any atom is -0.480 e. The topological polar surface area (TPSA) is 75.1 Å². The molecule has 0 aliphatic heterocycles. The molecule has 0 unspecified atom stereocenters. The van der Waals surface area contributed by atoms with Gasteiger partial charge >= 0.3 is 5.97 Å². The van der Waals surface area contributed by atoms with E-state index in [1.165, 1.54) is 11.5 Å². The molecule has 1 aliphatic carbocycles. The first-order chi connectivity index (χ1) is 8.66. The van der Waals surface area contributed by atoms with Crippen LogP contribution in [0, 0.1) is 0 Å². The van der Waals surface area contributed by atoms with E-state index in [4.69, 9.17) is 0 Å². The average Bonchev–Trinajstić information content (AvgIpc) is 2.66. The summed E-state index contributed by atoms with van der Waals surface area (Å²) in [6, 6.07) is 0. The summed E-state index contributed by atoms with van der Waals surface area (Å²) < 4.78 is 4.19. The van der Waals surface area contributed by atoms with E-state index in [9.17, 15) is 9.90 Å². The Bertz CT molecular complexity index is 411. The van der Waals surface area contributed by atoms with Crippen molar-refractivity contribution in [3.63, 3.8) is 0 Å². The normalized spacial score (nSPS) is 19.2. The number of carboxylic acids is 1. The van der Waals surface area contributed by atoms with Crippen LogP contribution in [-0.2, 0) is 11.2 Å². The molecule has 1 heterocycles. The number of anilines is 1. The number of carbonyl (C=O) groups is 1. The third kappa shape index (κ3) is 2.80. The van der Waals surface area contributed by atoms with Crippen molar-refractivity contribution in [2.45, 2.75) is 57.4 Å². The van der Waals surface area contributed by atoms with Gasteiger partial charge < -0.3 is 10.4 Å². The van der Waals surface area contributed by atoms with Crippen molar-refractivity contribution < 1.29 is 9.90 Å². The molecule has 0 atom stereocenters. The number of aliphatic carboxylic acids is 1. The number of hydrogen-bond donors (Lipinski definition) is 2. The summed E-state index contributed by atoms with van der Waals surface area (Å²) >= 11 is 1.25. The molecule has 100 valence electrons. The summed E-state index contributed by atoms with van der Waals surface area (Å²) in [5.74, 6) is 0.00862. The Morgan fingerprint density at radius 2 is 2.06 bits per heavy atom. The molecule has 0 saturated heterocycles. The van der Waals surface area contributed by atoms with Crippen LogP contribution in [0.1, 0.15) is 51.3 Å². The van der Waals surface area contributed by atoms with Crippen molar-refractivity contribution in [1.29, 1.82) is 0 Å². The first-order valence-corrected chi connectivity index (χ1v) is 7.28. The highest BCUT2D eigenvalue weighted by atomic mass is 32.1. The van der Waals surface area contributed by atoms with Gasteiger partial charge in [-0.25, -0.2) is 9.78 Å². The maximum Gasteiger partial charge on any atom is 0.329 e. The number of aryl methyl sites for hydroxylation is 1. The van der Waals surface area contributed by atoms with Crippen LogP contribution in [0.2, 0.25) is 0 Å². The molecule has 5 nitrogen and oxygen atoms in total. The summed E-state index contributed by atoms with van der Waals surface area (Å²) in [7, 11) is 0. The van der Waals surface area contributed by atoms with E-state index in [1.54, 1.807) is 0 Å². The molecule has 2 N–H and O–H groups in total. The molecule has 0 bridgehead atoms. The second-order valence-electron chi connectivity index (χ2n) is 4.80. The fourth-order valence-electron chi connectivity index (χ4n) is 2.38. The van der Waals surface area contributed by atoms with Crippen molar-refractivity contribution in [3.05, 3.63) is 5.82 Å². The summed E-state index contributed by atoms with van der Waals surface area (Å²) in [4.78, 5) is 15.9. The Morgan fingerprint density at radius 1 is 1.39 bits per heavy atom. The molecule has 0 amide bonds. The number of hydrogen-bond acceptors (Lipinski definition) is 5. The fourth-order valence-corrected chi connectivity index (χ4v) is 3.13. The van der Waals surface area contributed by atoms with Gasteiger partial charge in [-0.15, -0.1) is 0 Å². The third-order valence-electron chi connectivity index (χ3n) is 3.50. The number of nitrogens with zero attached hydrogens (tertiary/aromatic N) is 2. The molecule has 18 heavy (non-hydrogen) atoms. The molecular weight excluding hydrogens is 250 g/mol. The zero-order valence-electron chi connectivity index (χ0n) is 10.6. The van der Waals surface area contributed by atoms with E-state index in [0.29, 0.717) is 18.0 Å². The second-order valence-corrected chi connectivity index (χ2v) is 5.55. The van der Waals surface area contributed by atoms with E-state index < -0.39 is 11.5 Å². The Labute approximate surface area is 111 Å². The maximum atomic E-state index is 11.6. The van der Waals surface area contributed by atoms with E-state index >= 15 is 0 Å². The highest BCUT2D eigenvalue weighted by Gasteiger charge is 2.39. The largest absolute Gasteiger partial charge is 0.480 e. The predicted molar refractivity (Wildman–Crippen MR) is 71.0 cm³/mol. The van der Waals surface area contributed by atoms with Crippen LogP contribution in [0.25, 0.3) is 0 Å². The van der Waals surface area contributed by atoms with Gasteiger partial charge in [0.25, 0.3) is 0 Å². The lowest BCUT2D eigenvalue weighted by Gasteiger charge is -2.28. The van der Waals surface area contributed by atoms with Crippen molar-refractivity contribution in [2.24, 2.45) is 0 Å². The van der Waals surface area contributed by atoms with Gasteiger partial charge in [0, 0.05) is 18.0 Å². The van der Waals surface area contributed by atoms with Crippen LogP contribution in [0.5, 0.6) is 0 Å². The van der Waals surface area contributed by atoms with E-state index in [2.05, 4.69) is 14.7 Å². The van der Waals surface area contributed by atoms with Crippen LogP contribution in [-0.4, -0.2) is 26.0 Å². The quantitative estimate of drug-likeness (QED) is 0.822. The van der Waals surface area contributed by atoms with Crippen LogP contribution >= 0.6 is 11.5 Å². The highest BCUT2D eigenvalue weighted by Crippen LogP contribution is 2.31. The van der Waals surface area contributed by atoms with Gasteiger partial charge in [-0.2, -0.15) is 4.37 Å². The molecule has 2 rings (SSSR count). The molecule has 6 heteroatoms. The third-order valence-corrected chi connectivity index (χ3v) is 4.17. The standard InChI is InChI=1S/C12H19N3O2S/c1-2-9-13-11(18-15-9)14-12(10(16)17)7-5-3-4-6-8-12/h2-8H2,1H3,(H,16,17)(H,13,14,15). The smallest absolute Gasteiger partial charge is 0.329 e. The fraction of sp³-hybridized carbons (Fsp3) is 0.750. The van der Waals surface area contributed by atoms with E-state index in [1.807, 2.05) is 6.92 Å². The first-order valence-electron chi connectivity index (χ1n) is 6.50. The van der Waals surface area contributed by atoms with Gasteiger partial charge in [0.15, 0.2) is 0 Å². The first kappa shape index (κ1) is 13.3. The van der Waals surface area contributed by atoms with Gasteiger partial charge in [0.05, 0.1) is 0 Å². The molecule has 1 aromatic heterocycles. The molecular formula is C12H19N3O2S. The second kappa shape index (κ2) is 5.65. The molecule has 0 radical (unpaired) electrons. The lowest BCUT2D eigenvalue weighted by Crippen LogP contribution is -2.46. The molecule has 1 fully saturated rings. The van der Waals surface area contributed by atoms with Gasteiger partial charge in [-0.3, -0.25) is 0 Å².